The second kappa shape index (κ2) is 6.59. The van der Waals surface area contributed by atoms with E-state index in [1.54, 1.807) is 12.0 Å². The summed E-state index contributed by atoms with van der Waals surface area (Å²) < 4.78 is 11.2. The molecule has 2 aliphatic rings. The quantitative estimate of drug-likeness (QED) is 0.851. The van der Waals surface area contributed by atoms with E-state index in [9.17, 15) is 4.79 Å². The van der Waals surface area contributed by atoms with Gasteiger partial charge in [-0.15, -0.1) is 0 Å². The van der Waals surface area contributed by atoms with Gasteiger partial charge >= 0.3 is 6.09 Å². The predicted molar refractivity (Wildman–Crippen MR) is 91.2 cm³/mol. The number of pyridine rings is 1. The van der Waals surface area contributed by atoms with Crippen molar-refractivity contribution in [1.82, 2.24) is 14.8 Å². The van der Waals surface area contributed by atoms with Crippen molar-refractivity contribution in [2.45, 2.75) is 45.3 Å². The molecular formula is C18H27N3O3. The third kappa shape index (κ3) is 3.20. The molecule has 1 atom stereocenters. The first kappa shape index (κ1) is 17.0. The van der Waals surface area contributed by atoms with Gasteiger partial charge in [-0.2, -0.15) is 0 Å². The van der Waals surface area contributed by atoms with E-state index in [2.05, 4.69) is 16.8 Å². The highest BCUT2D eigenvalue weighted by Crippen LogP contribution is 2.33. The van der Waals surface area contributed by atoms with Crippen LogP contribution in [0.5, 0.6) is 5.75 Å². The first-order valence-electron chi connectivity index (χ1n) is 8.60. The lowest BCUT2D eigenvalue weighted by Gasteiger charge is -2.25. The number of amides is 1. The number of carbonyl (C=O) groups excluding carboxylic acids is 1. The van der Waals surface area contributed by atoms with Gasteiger partial charge in [0.05, 0.1) is 19.3 Å². The molecule has 1 aromatic rings. The molecule has 6 nitrogen and oxygen atoms in total. The van der Waals surface area contributed by atoms with Gasteiger partial charge < -0.3 is 14.4 Å². The second-order valence-corrected chi connectivity index (χ2v) is 7.08. The molecule has 0 radical (unpaired) electrons. The van der Waals surface area contributed by atoms with Crippen molar-refractivity contribution in [2.75, 3.05) is 33.8 Å². The maximum absolute atomic E-state index is 11.7. The van der Waals surface area contributed by atoms with Crippen molar-refractivity contribution in [1.29, 1.82) is 0 Å². The number of rotatable bonds is 3. The normalized spacial score (nSPS) is 25.0. The molecule has 0 N–H and O–H groups in total. The van der Waals surface area contributed by atoms with Crippen molar-refractivity contribution in [3.05, 3.63) is 23.0 Å². The molecule has 132 valence electrons. The Bertz CT molecular complexity index is 634. The summed E-state index contributed by atoms with van der Waals surface area (Å²) >= 11 is 0. The van der Waals surface area contributed by atoms with Crippen molar-refractivity contribution >= 4 is 6.09 Å². The minimum atomic E-state index is -0.298. The van der Waals surface area contributed by atoms with E-state index in [0.717, 1.165) is 61.5 Å². The SMILES string of the molecule is COc1c(C)cnc(CN2CCC[C@@]3(CC2)CN(C)C(=O)O3)c1C. The highest BCUT2D eigenvalue weighted by atomic mass is 16.6. The summed E-state index contributed by atoms with van der Waals surface area (Å²) in [5.74, 6) is 0.928. The van der Waals surface area contributed by atoms with Crippen molar-refractivity contribution in [3.63, 3.8) is 0 Å². The Kier molecular flexibility index (Phi) is 4.67. The fraction of sp³-hybridized carbons (Fsp3) is 0.667. The van der Waals surface area contributed by atoms with Crippen LogP contribution in [-0.4, -0.2) is 60.3 Å². The maximum atomic E-state index is 11.7. The molecule has 1 amide bonds. The van der Waals surface area contributed by atoms with Crippen LogP contribution in [0.3, 0.4) is 0 Å². The number of hydrogen-bond acceptors (Lipinski definition) is 5. The number of methoxy groups -OCH3 is 1. The van der Waals surface area contributed by atoms with Crippen LogP contribution in [0.25, 0.3) is 0 Å². The molecule has 0 saturated carbocycles. The Morgan fingerprint density at radius 3 is 2.79 bits per heavy atom. The van der Waals surface area contributed by atoms with E-state index < -0.39 is 0 Å². The lowest BCUT2D eigenvalue weighted by atomic mass is 9.95. The molecular weight excluding hydrogens is 306 g/mol. The van der Waals surface area contributed by atoms with Gasteiger partial charge in [-0.05, 0) is 33.2 Å². The number of likely N-dealkylation sites (tertiary alicyclic amines) is 1. The first-order valence-corrected chi connectivity index (χ1v) is 8.60. The standard InChI is InChI=1S/C18H27N3O3/c1-13-10-19-15(14(2)16(13)23-4)11-21-8-5-6-18(7-9-21)12-20(3)17(22)24-18/h10H,5-9,11-12H2,1-4H3/t18-/m1/s1. The van der Waals surface area contributed by atoms with E-state index in [-0.39, 0.29) is 11.7 Å². The molecule has 1 aromatic heterocycles. The summed E-state index contributed by atoms with van der Waals surface area (Å²) in [6, 6.07) is 0. The highest BCUT2D eigenvalue weighted by molar-refractivity contribution is 5.70. The fourth-order valence-corrected chi connectivity index (χ4v) is 3.88. The largest absolute Gasteiger partial charge is 0.496 e. The van der Waals surface area contributed by atoms with Crippen LogP contribution in [0.15, 0.2) is 6.20 Å². The molecule has 0 bridgehead atoms. The van der Waals surface area contributed by atoms with E-state index in [4.69, 9.17) is 9.47 Å². The van der Waals surface area contributed by atoms with Crippen LogP contribution in [-0.2, 0) is 11.3 Å². The van der Waals surface area contributed by atoms with Gasteiger partial charge in [0.2, 0.25) is 0 Å². The number of aryl methyl sites for hydroxylation is 1. The molecule has 1 spiro atoms. The fourth-order valence-electron chi connectivity index (χ4n) is 3.88. The summed E-state index contributed by atoms with van der Waals surface area (Å²) in [5, 5.41) is 0. The molecule has 3 rings (SSSR count). The van der Waals surface area contributed by atoms with Crippen LogP contribution in [0.4, 0.5) is 4.79 Å². The lowest BCUT2D eigenvalue weighted by Crippen LogP contribution is -2.35. The molecule has 0 aliphatic carbocycles. The summed E-state index contributed by atoms with van der Waals surface area (Å²) in [6.45, 7) is 7.51. The van der Waals surface area contributed by atoms with Gasteiger partial charge in [0.15, 0.2) is 0 Å². The average Bonchev–Trinajstić information content (AvgIpc) is 2.70. The average molecular weight is 333 g/mol. The smallest absolute Gasteiger partial charge is 0.410 e. The maximum Gasteiger partial charge on any atom is 0.410 e. The first-order chi connectivity index (χ1) is 11.4. The summed E-state index contributed by atoms with van der Waals surface area (Å²) in [5.41, 5.74) is 2.94. The number of ether oxygens (including phenoxy) is 2. The second-order valence-electron chi connectivity index (χ2n) is 7.08. The van der Waals surface area contributed by atoms with Gasteiger partial charge in [-0.3, -0.25) is 9.88 Å². The van der Waals surface area contributed by atoms with Gasteiger partial charge in [0, 0.05) is 43.9 Å². The molecule has 2 saturated heterocycles. The van der Waals surface area contributed by atoms with E-state index >= 15 is 0 Å². The monoisotopic (exact) mass is 333 g/mol. The zero-order chi connectivity index (χ0) is 17.3. The van der Waals surface area contributed by atoms with E-state index in [1.807, 2.05) is 20.2 Å². The van der Waals surface area contributed by atoms with Gasteiger partial charge in [0.1, 0.15) is 11.4 Å². The van der Waals surface area contributed by atoms with Crippen LogP contribution in [0.1, 0.15) is 36.1 Å². The van der Waals surface area contributed by atoms with Gasteiger partial charge in [-0.25, -0.2) is 4.79 Å². The number of aromatic nitrogens is 1. The Morgan fingerprint density at radius 1 is 1.33 bits per heavy atom. The third-order valence-electron chi connectivity index (χ3n) is 5.25. The highest BCUT2D eigenvalue weighted by Gasteiger charge is 2.44. The number of carbonyl (C=O) groups is 1. The topological polar surface area (TPSA) is 54.9 Å². The van der Waals surface area contributed by atoms with Crippen LogP contribution in [0, 0.1) is 13.8 Å². The van der Waals surface area contributed by atoms with Crippen molar-refractivity contribution < 1.29 is 14.3 Å². The van der Waals surface area contributed by atoms with Crippen molar-refractivity contribution in [3.8, 4) is 5.75 Å². The zero-order valence-electron chi connectivity index (χ0n) is 15.1. The Labute approximate surface area is 143 Å². The third-order valence-corrected chi connectivity index (χ3v) is 5.25. The Balaban J connectivity index is 1.69. The lowest BCUT2D eigenvalue weighted by molar-refractivity contribution is 0.0442. The number of likely N-dealkylation sites (N-methyl/N-ethyl adjacent to an activating group) is 1. The van der Waals surface area contributed by atoms with Crippen molar-refractivity contribution in [2.24, 2.45) is 0 Å². The zero-order valence-corrected chi connectivity index (χ0v) is 15.1. The Hall–Kier alpha value is -1.82. The van der Waals surface area contributed by atoms with Gasteiger partial charge in [-0.1, -0.05) is 0 Å². The van der Waals surface area contributed by atoms with Crippen LogP contribution in [0.2, 0.25) is 0 Å². The van der Waals surface area contributed by atoms with Gasteiger partial charge in [0.25, 0.3) is 0 Å². The van der Waals surface area contributed by atoms with E-state index in [0.29, 0.717) is 6.54 Å². The summed E-state index contributed by atoms with van der Waals surface area (Å²) in [4.78, 5) is 20.4. The predicted octanol–water partition coefficient (Wildman–Crippen LogP) is 2.51. The molecule has 2 fully saturated rings. The van der Waals surface area contributed by atoms with Crippen LogP contribution < -0.4 is 4.74 Å². The molecule has 0 unspecified atom stereocenters. The summed E-state index contributed by atoms with van der Waals surface area (Å²) in [6.07, 6.45) is 4.54. The molecule has 24 heavy (non-hydrogen) atoms. The minimum absolute atomic E-state index is 0.191. The summed E-state index contributed by atoms with van der Waals surface area (Å²) in [7, 11) is 3.52. The van der Waals surface area contributed by atoms with Crippen LogP contribution >= 0.6 is 0 Å². The number of nitrogens with zero attached hydrogens (tertiary/aromatic N) is 3. The molecule has 6 heteroatoms. The Morgan fingerprint density at radius 2 is 2.12 bits per heavy atom. The van der Waals surface area contributed by atoms with E-state index in [1.165, 1.54) is 0 Å². The molecule has 0 aromatic carbocycles. The molecule has 3 heterocycles. The number of hydrogen-bond donors (Lipinski definition) is 0. The molecule has 2 aliphatic heterocycles. The minimum Gasteiger partial charge on any atom is -0.496 e.